The van der Waals surface area contributed by atoms with Crippen molar-refractivity contribution in [3.63, 3.8) is 0 Å². The van der Waals surface area contributed by atoms with Crippen molar-refractivity contribution in [2.24, 2.45) is 5.92 Å². The van der Waals surface area contributed by atoms with Crippen LogP contribution in [0.3, 0.4) is 0 Å². The van der Waals surface area contributed by atoms with Gasteiger partial charge in [0.2, 0.25) is 11.8 Å². The van der Waals surface area contributed by atoms with Crippen LogP contribution in [0, 0.1) is 5.92 Å². The van der Waals surface area contributed by atoms with Crippen LogP contribution in [-0.4, -0.2) is 61.4 Å². The summed E-state index contributed by atoms with van der Waals surface area (Å²) in [5, 5.41) is 3.15. The van der Waals surface area contributed by atoms with Crippen LogP contribution in [0.5, 0.6) is 0 Å². The highest BCUT2D eigenvalue weighted by Crippen LogP contribution is 2.08. The minimum Gasteiger partial charge on any atom is -0.341 e. The van der Waals surface area contributed by atoms with Crippen molar-refractivity contribution in [3.05, 3.63) is 0 Å². The van der Waals surface area contributed by atoms with Gasteiger partial charge in [-0.05, 0) is 19.4 Å². The van der Waals surface area contributed by atoms with E-state index in [9.17, 15) is 9.59 Å². The molecule has 0 bridgehead atoms. The third kappa shape index (κ3) is 4.29. The highest BCUT2D eigenvalue weighted by molar-refractivity contribution is 5.85. The molecule has 5 nitrogen and oxygen atoms in total. The summed E-state index contributed by atoms with van der Waals surface area (Å²) in [6, 6.07) is 0. The molecule has 1 rings (SSSR count). The first-order valence-electron chi connectivity index (χ1n) is 6.79. The maximum Gasteiger partial charge on any atom is 0.242 e. The third-order valence-electron chi connectivity index (χ3n) is 3.33. The fourth-order valence-electron chi connectivity index (χ4n) is 2.17. The maximum absolute atomic E-state index is 12.0. The Balaban J connectivity index is 2.36. The lowest BCUT2D eigenvalue weighted by Gasteiger charge is -2.24. The van der Waals surface area contributed by atoms with Crippen LogP contribution in [0.4, 0.5) is 0 Å². The molecule has 0 aromatic carbocycles. The molecule has 1 N–H and O–H groups in total. The van der Waals surface area contributed by atoms with Crippen molar-refractivity contribution in [3.8, 4) is 0 Å². The van der Waals surface area contributed by atoms with Crippen LogP contribution >= 0.6 is 0 Å². The summed E-state index contributed by atoms with van der Waals surface area (Å²) in [7, 11) is 1.71. The molecule has 0 aromatic heterocycles. The van der Waals surface area contributed by atoms with Gasteiger partial charge in [-0.3, -0.25) is 9.59 Å². The summed E-state index contributed by atoms with van der Waals surface area (Å²) in [5.74, 6) is 0.0174. The van der Waals surface area contributed by atoms with Crippen molar-refractivity contribution in [1.29, 1.82) is 0 Å². The second-order valence-electron chi connectivity index (χ2n) is 4.99. The monoisotopic (exact) mass is 255 g/mol. The SMILES string of the molecule is CCNCC(C)C(=O)N(C)CC(=O)N1CCCC1. The van der Waals surface area contributed by atoms with Crippen LogP contribution in [-0.2, 0) is 9.59 Å². The fraction of sp³-hybridized carbons (Fsp3) is 0.846. The predicted molar refractivity (Wildman–Crippen MR) is 71.2 cm³/mol. The van der Waals surface area contributed by atoms with Gasteiger partial charge in [-0.15, -0.1) is 0 Å². The number of hydrogen-bond acceptors (Lipinski definition) is 3. The Bertz CT molecular complexity index is 288. The largest absolute Gasteiger partial charge is 0.341 e. The number of nitrogens with zero attached hydrogens (tertiary/aromatic N) is 2. The molecule has 2 amide bonds. The first-order chi connectivity index (χ1) is 8.56. The smallest absolute Gasteiger partial charge is 0.242 e. The summed E-state index contributed by atoms with van der Waals surface area (Å²) in [4.78, 5) is 27.3. The van der Waals surface area contributed by atoms with E-state index in [1.165, 1.54) is 0 Å². The summed E-state index contributed by atoms with van der Waals surface area (Å²) >= 11 is 0. The van der Waals surface area contributed by atoms with Crippen molar-refractivity contribution < 1.29 is 9.59 Å². The highest BCUT2D eigenvalue weighted by atomic mass is 16.2. The molecule has 1 heterocycles. The van der Waals surface area contributed by atoms with Crippen molar-refractivity contribution in [2.45, 2.75) is 26.7 Å². The third-order valence-corrected chi connectivity index (χ3v) is 3.33. The number of likely N-dealkylation sites (tertiary alicyclic amines) is 1. The minimum atomic E-state index is -0.0821. The Kier molecular flexibility index (Phi) is 6.12. The lowest BCUT2D eigenvalue weighted by molar-refractivity contribution is -0.140. The molecule has 1 saturated heterocycles. The normalized spacial score (nSPS) is 16.7. The van der Waals surface area contributed by atoms with E-state index < -0.39 is 0 Å². The summed E-state index contributed by atoms with van der Waals surface area (Å²) in [6.45, 7) is 7.31. The van der Waals surface area contributed by atoms with Crippen LogP contribution in [0.2, 0.25) is 0 Å². The molecule has 0 aliphatic carbocycles. The van der Waals surface area contributed by atoms with E-state index in [1.807, 2.05) is 18.7 Å². The summed E-state index contributed by atoms with van der Waals surface area (Å²) in [6.07, 6.45) is 2.17. The number of carbonyl (C=O) groups excluding carboxylic acids is 2. The van der Waals surface area contributed by atoms with Crippen LogP contribution in [0.25, 0.3) is 0 Å². The van der Waals surface area contributed by atoms with Gasteiger partial charge < -0.3 is 15.1 Å². The predicted octanol–water partition coefficient (Wildman–Crippen LogP) is 0.313. The van der Waals surface area contributed by atoms with E-state index in [0.717, 1.165) is 32.5 Å². The lowest BCUT2D eigenvalue weighted by Crippen LogP contribution is -2.43. The van der Waals surface area contributed by atoms with E-state index in [1.54, 1.807) is 11.9 Å². The zero-order chi connectivity index (χ0) is 13.5. The second kappa shape index (κ2) is 7.36. The summed E-state index contributed by atoms with van der Waals surface area (Å²) in [5.41, 5.74) is 0. The van der Waals surface area contributed by atoms with E-state index in [4.69, 9.17) is 0 Å². The van der Waals surface area contributed by atoms with Gasteiger partial charge in [0.15, 0.2) is 0 Å². The average Bonchev–Trinajstić information content (AvgIpc) is 2.88. The van der Waals surface area contributed by atoms with Crippen LogP contribution < -0.4 is 5.32 Å². The van der Waals surface area contributed by atoms with Crippen molar-refractivity contribution >= 4 is 11.8 Å². The minimum absolute atomic E-state index is 0.0310. The van der Waals surface area contributed by atoms with E-state index in [0.29, 0.717) is 6.54 Å². The molecule has 0 aromatic rings. The first-order valence-corrected chi connectivity index (χ1v) is 6.79. The quantitative estimate of drug-likeness (QED) is 0.743. The first kappa shape index (κ1) is 15.0. The topological polar surface area (TPSA) is 52.7 Å². The number of rotatable bonds is 6. The molecule has 0 radical (unpaired) electrons. The number of likely N-dealkylation sites (N-methyl/N-ethyl adjacent to an activating group) is 1. The van der Waals surface area contributed by atoms with Gasteiger partial charge in [-0.2, -0.15) is 0 Å². The van der Waals surface area contributed by atoms with Gasteiger partial charge in [0.1, 0.15) is 0 Å². The zero-order valence-corrected chi connectivity index (χ0v) is 11.7. The maximum atomic E-state index is 12.0. The standard InChI is InChI=1S/C13H25N3O2/c1-4-14-9-11(2)13(18)15(3)10-12(17)16-7-5-6-8-16/h11,14H,4-10H2,1-3H3. The number of carbonyl (C=O) groups is 2. The van der Waals surface area contributed by atoms with Crippen molar-refractivity contribution in [2.75, 3.05) is 39.8 Å². The van der Waals surface area contributed by atoms with Gasteiger partial charge in [0.05, 0.1) is 6.54 Å². The van der Waals surface area contributed by atoms with E-state index >= 15 is 0 Å². The molecule has 0 saturated carbocycles. The molecule has 5 heteroatoms. The van der Waals surface area contributed by atoms with E-state index in [2.05, 4.69) is 5.32 Å². The highest BCUT2D eigenvalue weighted by Gasteiger charge is 2.23. The Morgan fingerprint density at radius 3 is 2.50 bits per heavy atom. The molecule has 1 fully saturated rings. The van der Waals surface area contributed by atoms with Crippen molar-refractivity contribution in [1.82, 2.24) is 15.1 Å². The molecule has 104 valence electrons. The Morgan fingerprint density at radius 1 is 1.33 bits per heavy atom. The van der Waals surface area contributed by atoms with Gasteiger partial charge >= 0.3 is 0 Å². The van der Waals surface area contributed by atoms with Crippen LogP contribution in [0.1, 0.15) is 26.7 Å². The number of amides is 2. The van der Waals surface area contributed by atoms with Gasteiger partial charge in [0, 0.05) is 32.6 Å². The molecule has 18 heavy (non-hydrogen) atoms. The zero-order valence-electron chi connectivity index (χ0n) is 11.7. The average molecular weight is 255 g/mol. The molecule has 1 unspecified atom stereocenters. The van der Waals surface area contributed by atoms with Gasteiger partial charge in [0.25, 0.3) is 0 Å². The molecule has 0 spiro atoms. The number of nitrogens with one attached hydrogen (secondary N) is 1. The fourth-order valence-corrected chi connectivity index (χ4v) is 2.17. The Morgan fingerprint density at radius 2 is 1.94 bits per heavy atom. The van der Waals surface area contributed by atoms with Gasteiger partial charge in [-0.1, -0.05) is 13.8 Å². The van der Waals surface area contributed by atoms with Gasteiger partial charge in [-0.25, -0.2) is 0 Å². The Hall–Kier alpha value is -1.10. The van der Waals surface area contributed by atoms with E-state index in [-0.39, 0.29) is 24.3 Å². The lowest BCUT2D eigenvalue weighted by atomic mass is 10.1. The Labute approximate surface area is 110 Å². The molecule has 1 atom stereocenters. The molecule has 1 aliphatic rings. The summed E-state index contributed by atoms with van der Waals surface area (Å²) < 4.78 is 0. The number of hydrogen-bond donors (Lipinski definition) is 1. The second-order valence-corrected chi connectivity index (χ2v) is 4.99. The molecule has 1 aliphatic heterocycles. The van der Waals surface area contributed by atoms with Crippen LogP contribution in [0.15, 0.2) is 0 Å². The molecular weight excluding hydrogens is 230 g/mol. The molecular formula is C13H25N3O2.